The summed E-state index contributed by atoms with van der Waals surface area (Å²) in [6, 6.07) is 0. The molecule has 0 radical (unpaired) electrons. The molecule has 0 aromatic rings. The number of hydrogen-bond acceptors (Lipinski definition) is 5. The first kappa shape index (κ1) is 24.5. The first-order chi connectivity index (χ1) is 15.4. The van der Waals surface area contributed by atoms with Crippen molar-refractivity contribution >= 4 is 0 Å². The molecule has 1 saturated heterocycles. The maximum Gasteiger partial charge on any atom is 0.103 e. The van der Waals surface area contributed by atoms with Gasteiger partial charge in [0.2, 0.25) is 0 Å². The summed E-state index contributed by atoms with van der Waals surface area (Å²) in [6.07, 6.45) is 8.94. The van der Waals surface area contributed by atoms with Crippen molar-refractivity contribution in [2.24, 2.45) is 46.3 Å². The highest BCUT2D eigenvalue weighted by Crippen LogP contribution is 2.74. The first-order valence-corrected chi connectivity index (χ1v) is 13.7. The van der Waals surface area contributed by atoms with Gasteiger partial charge >= 0.3 is 0 Å². The number of fused-ring (bicyclic) bond motifs is 4. The minimum Gasteiger partial charge on any atom is -0.396 e. The summed E-state index contributed by atoms with van der Waals surface area (Å²) < 4.78 is 6.47. The highest BCUT2D eigenvalue weighted by atomic mass is 16.6. The van der Waals surface area contributed by atoms with Gasteiger partial charge in [-0.2, -0.15) is 0 Å². The largest absolute Gasteiger partial charge is 0.396 e. The molecule has 5 rings (SSSR count). The molecule has 4 saturated carbocycles. The fraction of sp³-hybridized carbons (Fsp3) is 1.00. The lowest BCUT2D eigenvalue weighted by Crippen LogP contribution is -2.58. The van der Waals surface area contributed by atoms with E-state index in [2.05, 4.69) is 20.8 Å². The second-order valence-electron chi connectivity index (χ2n) is 13.8. The van der Waals surface area contributed by atoms with Crippen LogP contribution in [0.15, 0.2) is 0 Å². The second kappa shape index (κ2) is 7.90. The molecule has 0 aromatic heterocycles. The van der Waals surface area contributed by atoms with Crippen LogP contribution in [0.25, 0.3) is 0 Å². The van der Waals surface area contributed by atoms with Crippen molar-refractivity contribution in [2.45, 2.75) is 122 Å². The van der Waals surface area contributed by atoms with Crippen molar-refractivity contribution in [1.82, 2.24) is 0 Å². The Labute approximate surface area is 200 Å². The average Bonchev–Trinajstić information content (AvgIpc) is 3.31. The second-order valence-corrected chi connectivity index (χ2v) is 13.8. The summed E-state index contributed by atoms with van der Waals surface area (Å²) in [5.74, 6) is 2.40. The van der Waals surface area contributed by atoms with E-state index in [1.54, 1.807) is 13.8 Å². The Morgan fingerprint density at radius 1 is 1.06 bits per heavy atom. The lowest BCUT2D eigenvalue weighted by atomic mass is 9.44. The van der Waals surface area contributed by atoms with Gasteiger partial charge in [0.05, 0.1) is 23.9 Å². The molecule has 5 nitrogen and oxygen atoms in total. The van der Waals surface area contributed by atoms with Crippen LogP contribution in [0.2, 0.25) is 0 Å². The summed E-state index contributed by atoms with van der Waals surface area (Å²) in [5.41, 5.74) is -0.606. The third-order valence-corrected chi connectivity index (χ3v) is 12.1. The monoisotopic (exact) mass is 464 g/mol. The number of epoxide rings is 1. The van der Waals surface area contributed by atoms with Gasteiger partial charge in [-0.05, 0) is 100 Å². The normalized spacial score (nSPS) is 51.5. The lowest BCUT2D eigenvalue weighted by Gasteiger charge is -2.59. The zero-order valence-corrected chi connectivity index (χ0v) is 21.5. The van der Waals surface area contributed by atoms with Crippen molar-refractivity contribution in [3.63, 3.8) is 0 Å². The molecule has 0 bridgehead atoms. The topological polar surface area (TPSA) is 93.5 Å². The van der Waals surface area contributed by atoms with E-state index in [4.69, 9.17) is 4.74 Å². The van der Waals surface area contributed by atoms with Crippen LogP contribution in [-0.4, -0.2) is 56.5 Å². The number of rotatable bonds is 6. The Balaban J connectivity index is 1.33. The van der Waals surface area contributed by atoms with Gasteiger partial charge in [0.25, 0.3) is 0 Å². The molecule has 33 heavy (non-hydrogen) atoms. The van der Waals surface area contributed by atoms with Crippen molar-refractivity contribution in [3.05, 3.63) is 0 Å². The highest BCUT2D eigenvalue weighted by molar-refractivity contribution is 5.24. The quantitative estimate of drug-likeness (QED) is 0.447. The van der Waals surface area contributed by atoms with Gasteiger partial charge in [-0.25, -0.2) is 0 Å². The standard InChI is InChI=1S/C28H48O5/c1-16(23(31)12-17(15-29)25(2,3)32)20-6-7-21-19-13-24-28(33-24)14-18(30)8-11-27(28,5)22(19)9-10-26(20,21)4/h16-24,29-32H,6-15H2,1-5H3. The van der Waals surface area contributed by atoms with Gasteiger partial charge in [-0.15, -0.1) is 0 Å². The maximum absolute atomic E-state index is 11.2. The molecule has 12 unspecified atom stereocenters. The fourth-order valence-corrected chi connectivity index (χ4v) is 9.92. The minimum absolute atomic E-state index is 0.0581. The van der Waals surface area contributed by atoms with Crippen LogP contribution < -0.4 is 0 Å². The molecule has 0 amide bonds. The molecular formula is C28H48O5. The predicted molar refractivity (Wildman–Crippen MR) is 127 cm³/mol. The van der Waals surface area contributed by atoms with Crippen molar-refractivity contribution in [3.8, 4) is 0 Å². The van der Waals surface area contributed by atoms with Crippen LogP contribution in [0, 0.1) is 46.3 Å². The summed E-state index contributed by atoms with van der Waals surface area (Å²) in [5, 5.41) is 41.8. The average molecular weight is 465 g/mol. The predicted octanol–water partition coefficient (Wildman–Crippen LogP) is 3.90. The molecule has 0 aromatic carbocycles. The van der Waals surface area contributed by atoms with Crippen LogP contribution in [0.1, 0.15) is 92.4 Å². The number of aliphatic hydroxyl groups is 4. The van der Waals surface area contributed by atoms with Crippen LogP contribution in [0.3, 0.4) is 0 Å². The van der Waals surface area contributed by atoms with Gasteiger partial charge in [0.1, 0.15) is 5.60 Å². The smallest absolute Gasteiger partial charge is 0.103 e. The van der Waals surface area contributed by atoms with E-state index in [1.807, 2.05) is 0 Å². The summed E-state index contributed by atoms with van der Waals surface area (Å²) in [6.45, 7) is 10.5. The Kier molecular flexibility index (Phi) is 5.86. The third-order valence-electron chi connectivity index (χ3n) is 12.1. The zero-order valence-electron chi connectivity index (χ0n) is 21.5. The van der Waals surface area contributed by atoms with E-state index >= 15 is 0 Å². The molecule has 190 valence electrons. The van der Waals surface area contributed by atoms with Gasteiger partial charge in [-0.1, -0.05) is 20.8 Å². The minimum atomic E-state index is -0.989. The van der Waals surface area contributed by atoms with E-state index in [0.717, 1.165) is 25.7 Å². The maximum atomic E-state index is 11.2. The van der Waals surface area contributed by atoms with Crippen molar-refractivity contribution in [2.75, 3.05) is 6.61 Å². The zero-order chi connectivity index (χ0) is 24.0. The van der Waals surface area contributed by atoms with Gasteiger partial charge < -0.3 is 25.2 Å². The summed E-state index contributed by atoms with van der Waals surface area (Å²) in [4.78, 5) is 0. The molecular weight excluding hydrogens is 416 g/mol. The van der Waals surface area contributed by atoms with Crippen molar-refractivity contribution in [1.29, 1.82) is 0 Å². The number of hydrogen-bond donors (Lipinski definition) is 4. The van der Waals surface area contributed by atoms with E-state index in [9.17, 15) is 20.4 Å². The lowest BCUT2D eigenvalue weighted by molar-refractivity contribution is -0.121. The van der Waals surface area contributed by atoms with E-state index in [-0.39, 0.29) is 41.0 Å². The molecule has 1 spiro atoms. The summed E-state index contributed by atoms with van der Waals surface area (Å²) >= 11 is 0. The van der Waals surface area contributed by atoms with Gasteiger partial charge in [-0.3, -0.25) is 0 Å². The molecule has 1 heterocycles. The van der Waals surface area contributed by atoms with E-state index in [1.165, 1.54) is 25.7 Å². The van der Waals surface area contributed by atoms with Crippen LogP contribution in [0.4, 0.5) is 0 Å². The molecule has 12 atom stereocenters. The SMILES string of the molecule is CC(C(O)CC(CO)C(C)(C)O)C1CCC2C3CC4OC45CC(O)CCC5(C)C3CCC12C. The van der Waals surface area contributed by atoms with Crippen molar-refractivity contribution < 1.29 is 25.2 Å². The Morgan fingerprint density at radius 2 is 1.79 bits per heavy atom. The molecule has 4 N–H and O–H groups in total. The Bertz CT molecular complexity index is 749. The van der Waals surface area contributed by atoms with E-state index in [0.29, 0.717) is 36.2 Å². The van der Waals surface area contributed by atoms with E-state index < -0.39 is 11.7 Å². The first-order valence-electron chi connectivity index (χ1n) is 13.7. The fourth-order valence-electron chi connectivity index (χ4n) is 9.92. The van der Waals surface area contributed by atoms with Crippen LogP contribution in [-0.2, 0) is 4.74 Å². The Hall–Kier alpha value is -0.200. The van der Waals surface area contributed by atoms with Crippen LogP contribution in [0.5, 0.6) is 0 Å². The number of ether oxygens (including phenoxy) is 1. The Morgan fingerprint density at radius 3 is 2.45 bits per heavy atom. The highest BCUT2D eigenvalue weighted by Gasteiger charge is 2.76. The molecule has 1 aliphatic heterocycles. The third kappa shape index (κ3) is 3.50. The molecule has 5 fully saturated rings. The summed E-state index contributed by atoms with van der Waals surface area (Å²) in [7, 11) is 0. The molecule has 5 heteroatoms. The molecule has 5 aliphatic rings. The number of aliphatic hydroxyl groups excluding tert-OH is 3. The van der Waals surface area contributed by atoms with Gasteiger partial charge in [0.15, 0.2) is 0 Å². The molecule has 4 aliphatic carbocycles. The van der Waals surface area contributed by atoms with Gasteiger partial charge in [0, 0.05) is 24.4 Å². The van der Waals surface area contributed by atoms with Crippen LogP contribution >= 0.6 is 0 Å².